The SMILES string of the molecule is CC(=O)N(CCC(=O)Nc1cc(Cl)ccc1Cl)Cc1ccc(F)cc1. The summed E-state index contributed by atoms with van der Waals surface area (Å²) in [7, 11) is 0. The number of nitrogens with zero attached hydrogens (tertiary/aromatic N) is 1. The Morgan fingerprint density at radius 2 is 1.80 bits per heavy atom. The zero-order valence-electron chi connectivity index (χ0n) is 13.6. The van der Waals surface area contributed by atoms with Crippen LogP contribution in [0.1, 0.15) is 18.9 Å². The molecule has 0 aliphatic carbocycles. The predicted octanol–water partition coefficient (Wildman–Crippen LogP) is 4.51. The smallest absolute Gasteiger partial charge is 0.226 e. The molecular formula is C18H17Cl2FN2O2. The molecule has 0 aliphatic heterocycles. The molecule has 2 aromatic rings. The third kappa shape index (κ3) is 6.03. The van der Waals surface area contributed by atoms with Crippen LogP contribution in [0.4, 0.5) is 10.1 Å². The van der Waals surface area contributed by atoms with Crippen molar-refractivity contribution >= 4 is 40.7 Å². The molecule has 0 unspecified atom stereocenters. The molecule has 0 bridgehead atoms. The van der Waals surface area contributed by atoms with Gasteiger partial charge < -0.3 is 10.2 Å². The summed E-state index contributed by atoms with van der Waals surface area (Å²) in [6.07, 6.45) is 0.101. The number of halogens is 3. The van der Waals surface area contributed by atoms with Crippen LogP contribution < -0.4 is 5.32 Å². The van der Waals surface area contributed by atoms with Crippen molar-refractivity contribution in [3.8, 4) is 0 Å². The lowest BCUT2D eigenvalue weighted by molar-refractivity contribution is -0.129. The van der Waals surface area contributed by atoms with Gasteiger partial charge in [-0.1, -0.05) is 35.3 Å². The fourth-order valence-electron chi connectivity index (χ4n) is 2.20. The van der Waals surface area contributed by atoms with E-state index in [0.717, 1.165) is 5.56 Å². The van der Waals surface area contributed by atoms with Crippen LogP contribution in [-0.2, 0) is 16.1 Å². The van der Waals surface area contributed by atoms with E-state index >= 15 is 0 Å². The van der Waals surface area contributed by atoms with Gasteiger partial charge in [0.2, 0.25) is 11.8 Å². The van der Waals surface area contributed by atoms with Gasteiger partial charge in [0.15, 0.2) is 0 Å². The van der Waals surface area contributed by atoms with E-state index in [-0.39, 0.29) is 30.6 Å². The van der Waals surface area contributed by atoms with Gasteiger partial charge in [-0.25, -0.2) is 4.39 Å². The van der Waals surface area contributed by atoms with Gasteiger partial charge in [0, 0.05) is 31.5 Å². The number of nitrogens with one attached hydrogen (secondary N) is 1. The minimum Gasteiger partial charge on any atom is -0.338 e. The molecule has 0 radical (unpaired) electrons. The number of hydrogen-bond donors (Lipinski definition) is 1. The maximum absolute atomic E-state index is 13.0. The molecule has 0 fully saturated rings. The van der Waals surface area contributed by atoms with Gasteiger partial charge in [0.25, 0.3) is 0 Å². The predicted molar refractivity (Wildman–Crippen MR) is 97.2 cm³/mol. The highest BCUT2D eigenvalue weighted by molar-refractivity contribution is 6.35. The highest BCUT2D eigenvalue weighted by atomic mass is 35.5. The van der Waals surface area contributed by atoms with E-state index in [9.17, 15) is 14.0 Å². The third-order valence-corrected chi connectivity index (χ3v) is 4.11. The average Bonchev–Trinajstić information content (AvgIpc) is 2.56. The summed E-state index contributed by atoms with van der Waals surface area (Å²) in [6.45, 7) is 1.97. The van der Waals surface area contributed by atoms with Crippen molar-refractivity contribution in [1.82, 2.24) is 4.90 Å². The van der Waals surface area contributed by atoms with Crippen LogP contribution in [0.2, 0.25) is 10.0 Å². The van der Waals surface area contributed by atoms with Crippen LogP contribution in [0.15, 0.2) is 42.5 Å². The number of anilines is 1. The van der Waals surface area contributed by atoms with Crippen molar-refractivity contribution in [3.05, 3.63) is 63.9 Å². The first-order chi connectivity index (χ1) is 11.8. The van der Waals surface area contributed by atoms with Gasteiger partial charge in [0.1, 0.15) is 5.82 Å². The summed E-state index contributed by atoms with van der Waals surface area (Å²) in [6, 6.07) is 10.7. The second-order valence-electron chi connectivity index (χ2n) is 5.49. The summed E-state index contributed by atoms with van der Waals surface area (Å²) >= 11 is 11.9. The standard InChI is InChI=1S/C18H17Cl2FN2O2/c1-12(24)23(11-13-2-5-15(21)6-3-13)9-8-18(25)22-17-10-14(19)4-7-16(17)20/h2-7,10H,8-9,11H2,1H3,(H,22,25). The van der Waals surface area contributed by atoms with E-state index in [2.05, 4.69) is 5.32 Å². The molecule has 2 aromatic carbocycles. The lowest BCUT2D eigenvalue weighted by atomic mass is 10.2. The molecule has 0 saturated heterocycles. The Morgan fingerprint density at radius 3 is 2.44 bits per heavy atom. The average molecular weight is 383 g/mol. The van der Waals surface area contributed by atoms with E-state index in [1.54, 1.807) is 30.3 Å². The van der Waals surface area contributed by atoms with Crippen LogP contribution in [0, 0.1) is 5.82 Å². The summed E-state index contributed by atoms with van der Waals surface area (Å²) in [5.74, 6) is -0.789. The van der Waals surface area contributed by atoms with Crippen molar-refractivity contribution in [2.75, 3.05) is 11.9 Å². The first kappa shape index (κ1) is 19.2. The quantitative estimate of drug-likeness (QED) is 0.798. The van der Waals surface area contributed by atoms with Crippen LogP contribution in [0.25, 0.3) is 0 Å². The van der Waals surface area contributed by atoms with Crippen molar-refractivity contribution in [2.24, 2.45) is 0 Å². The molecule has 0 saturated carbocycles. The monoisotopic (exact) mass is 382 g/mol. The Balaban J connectivity index is 1.93. The lowest BCUT2D eigenvalue weighted by Crippen LogP contribution is -2.31. The minimum atomic E-state index is -0.337. The molecule has 0 aliphatic rings. The second kappa shape index (κ2) is 8.83. The number of hydrogen-bond acceptors (Lipinski definition) is 2. The van der Waals surface area contributed by atoms with E-state index < -0.39 is 0 Å². The fourth-order valence-corrected chi connectivity index (χ4v) is 2.54. The Bertz CT molecular complexity index is 766. The highest BCUT2D eigenvalue weighted by Gasteiger charge is 2.13. The van der Waals surface area contributed by atoms with Crippen molar-refractivity contribution in [3.63, 3.8) is 0 Å². The molecule has 0 heterocycles. The topological polar surface area (TPSA) is 49.4 Å². The van der Waals surface area contributed by atoms with Gasteiger partial charge in [-0.15, -0.1) is 0 Å². The number of carbonyl (C=O) groups excluding carboxylic acids is 2. The summed E-state index contributed by atoms with van der Waals surface area (Å²) < 4.78 is 13.0. The van der Waals surface area contributed by atoms with Crippen LogP contribution >= 0.6 is 23.2 Å². The van der Waals surface area contributed by atoms with Crippen molar-refractivity contribution in [1.29, 1.82) is 0 Å². The largest absolute Gasteiger partial charge is 0.338 e. The van der Waals surface area contributed by atoms with E-state index in [1.165, 1.54) is 24.0 Å². The van der Waals surface area contributed by atoms with Crippen molar-refractivity contribution < 1.29 is 14.0 Å². The number of benzene rings is 2. The Labute approximate surface area is 155 Å². The van der Waals surface area contributed by atoms with Crippen molar-refractivity contribution in [2.45, 2.75) is 19.9 Å². The molecule has 2 rings (SSSR count). The molecule has 7 heteroatoms. The molecule has 132 valence electrons. The summed E-state index contributed by atoms with van der Waals surface area (Å²) in [5.41, 5.74) is 1.21. The van der Waals surface area contributed by atoms with E-state index in [4.69, 9.17) is 23.2 Å². The second-order valence-corrected chi connectivity index (χ2v) is 6.33. The first-order valence-corrected chi connectivity index (χ1v) is 8.35. The third-order valence-electron chi connectivity index (χ3n) is 3.54. The normalized spacial score (nSPS) is 10.4. The first-order valence-electron chi connectivity index (χ1n) is 7.60. The number of amides is 2. The maximum Gasteiger partial charge on any atom is 0.226 e. The van der Waals surface area contributed by atoms with Crippen LogP contribution in [0.5, 0.6) is 0 Å². The lowest BCUT2D eigenvalue weighted by Gasteiger charge is -2.21. The maximum atomic E-state index is 13.0. The Kier molecular flexibility index (Phi) is 6.79. The van der Waals surface area contributed by atoms with Crippen LogP contribution in [-0.4, -0.2) is 23.3 Å². The van der Waals surface area contributed by atoms with E-state index in [0.29, 0.717) is 22.3 Å². The molecule has 1 N–H and O–H groups in total. The molecule has 0 spiro atoms. The minimum absolute atomic E-state index is 0.101. The highest BCUT2D eigenvalue weighted by Crippen LogP contribution is 2.25. The van der Waals surface area contributed by atoms with Gasteiger partial charge in [-0.05, 0) is 35.9 Å². The van der Waals surface area contributed by atoms with Gasteiger partial charge in [-0.2, -0.15) is 0 Å². The molecule has 25 heavy (non-hydrogen) atoms. The fraction of sp³-hybridized carbons (Fsp3) is 0.222. The molecular weight excluding hydrogens is 366 g/mol. The van der Waals surface area contributed by atoms with Gasteiger partial charge in [-0.3, -0.25) is 9.59 Å². The van der Waals surface area contributed by atoms with Gasteiger partial charge >= 0.3 is 0 Å². The van der Waals surface area contributed by atoms with E-state index in [1.807, 2.05) is 0 Å². The Morgan fingerprint density at radius 1 is 1.12 bits per heavy atom. The molecule has 0 aromatic heterocycles. The number of rotatable bonds is 6. The zero-order chi connectivity index (χ0) is 18.4. The zero-order valence-corrected chi connectivity index (χ0v) is 15.1. The molecule has 2 amide bonds. The molecule has 0 atom stereocenters. The number of carbonyl (C=O) groups is 2. The van der Waals surface area contributed by atoms with Crippen LogP contribution in [0.3, 0.4) is 0 Å². The summed E-state index contributed by atoms with van der Waals surface area (Å²) in [5, 5.41) is 3.52. The Hall–Kier alpha value is -2.11. The molecule has 4 nitrogen and oxygen atoms in total. The van der Waals surface area contributed by atoms with Gasteiger partial charge in [0.05, 0.1) is 10.7 Å². The summed E-state index contributed by atoms with van der Waals surface area (Å²) in [4.78, 5) is 25.4.